The van der Waals surface area contributed by atoms with Gasteiger partial charge in [0, 0.05) is 61.5 Å². The van der Waals surface area contributed by atoms with Crippen LogP contribution in [0, 0.1) is 17.0 Å². The fourth-order valence-electron chi connectivity index (χ4n) is 5.47. The Morgan fingerprint density at radius 1 is 1.05 bits per heavy atom. The van der Waals surface area contributed by atoms with Crippen LogP contribution in [0.3, 0.4) is 0 Å². The number of nitrogens with zero attached hydrogens (tertiary/aromatic N) is 2. The van der Waals surface area contributed by atoms with Gasteiger partial charge in [-0.3, -0.25) is 14.5 Å². The molecule has 3 aromatic rings. The molecule has 0 N–H and O–H groups in total. The van der Waals surface area contributed by atoms with E-state index in [1.165, 1.54) is 26.0 Å². The summed E-state index contributed by atoms with van der Waals surface area (Å²) in [5, 5.41) is 4.40. The zero-order valence-corrected chi connectivity index (χ0v) is 23.2. The molecule has 2 aromatic carbocycles. The molecule has 1 aromatic heterocycles. The maximum atomic E-state index is 14.3. The van der Waals surface area contributed by atoms with E-state index in [2.05, 4.69) is 5.16 Å². The summed E-state index contributed by atoms with van der Waals surface area (Å²) in [5.74, 6) is -1.95. The maximum Gasteiger partial charge on any atom is 0.185 e. The molecule has 0 spiro atoms. The Morgan fingerprint density at radius 3 is 2.41 bits per heavy atom. The molecule has 208 valence electrons. The molecule has 0 aliphatic carbocycles. The first kappa shape index (κ1) is 29.0. The standard InChI is InChI=1S/C30H32ClF3N2O3/c1-28(2,19-6-5-7-20(31)10-19)13-22(37)14-30(17-36(18-30)16-29(3,4)34)15-26(38)25-12-27(39-35-25)23-9-8-21(32)11-24(23)33/h5-12H,13-18H2,1-4H3. The molecule has 0 bridgehead atoms. The zero-order valence-electron chi connectivity index (χ0n) is 22.5. The fraction of sp³-hybridized carbons (Fsp3) is 0.433. The van der Waals surface area contributed by atoms with Crippen LogP contribution in [0.5, 0.6) is 0 Å². The molecule has 0 atom stereocenters. The predicted molar refractivity (Wildman–Crippen MR) is 144 cm³/mol. The summed E-state index contributed by atoms with van der Waals surface area (Å²) >= 11 is 6.16. The van der Waals surface area contributed by atoms with E-state index in [0.29, 0.717) is 18.1 Å². The van der Waals surface area contributed by atoms with Crippen LogP contribution in [-0.2, 0) is 10.2 Å². The number of rotatable bonds is 11. The first-order valence-electron chi connectivity index (χ1n) is 12.8. The van der Waals surface area contributed by atoms with E-state index >= 15 is 0 Å². The highest BCUT2D eigenvalue weighted by molar-refractivity contribution is 6.30. The van der Waals surface area contributed by atoms with E-state index in [1.807, 2.05) is 36.9 Å². The van der Waals surface area contributed by atoms with Crippen molar-refractivity contribution in [3.63, 3.8) is 0 Å². The van der Waals surface area contributed by atoms with Gasteiger partial charge in [-0.2, -0.15) is 0 Å². The van der Waals surface area contributed by atoms with Crippen molar-refractivity contribution in [3.8, 4) is 11.3 Å². The van der Waals surface area contributed by atoms with E-state index in [4.69, 9.17) is 16.1 Å². The van der Waals surface area contributed by atoms with Gasteiger partial charge in [0.15, 0.2) is 11.5 Å². The third-order valence-corrected chi connectivity index (χ3v) is 7.30. The van der Waals surface area contributed by atoms with Crippen molar-refractivity contribution < 1.29 is 27.3 Å². The van der Waals surface area contributed by atoms with E-state index < -0.39 is 28.1 Å². The lowest BCUT2D eigenvalue weighted by atomic mass is 9.69. The highest BCUT2D eigenvalue weighted by atomic mass is 35.5. The van der Waals surface area contributed by atoms with Crippen LogP contribution in [0.4, 0.5) is 13.2 Å². The number of alkyl halides is 1. The summed E-state index contributed by atoms with van der Waals surface area (Å²) in [6, 6.07) is 11.7. The van der Waals surface area contributed by atoms with Gasteiger partial charge in [0.1, 0.15) is 28.8 Å². The number of benzene rings is 2. The lowest BCUT2D eigenvalue weighted by Gasteiger charge is -2.51. The zero-order chi connectivity index (χ0) is 28.6. The largest absolute Gasteiger partial charge is 0.355 e. The van der Waals surface area contributed by atoms with Crippen LogP contribution in [0.2, 0.25) is 5.02 Å². The average Bonchev–Trinajstić information content (AvgIpc) is 3.26. The Kier molecular flexibility index (Phi) is 8.11. The topological polar surface area (TPSA) is 63.4 Å². The first-order valence-corrected chi connectivity index (χ1v) is 13.2. The Balaban J connectivity index is 1.50. The molecule has 4 rings (SSSR count). The molecule has 1 aliphatic rings. The number of likely N-dealkylation sites (tertiary alicyclic amines) is 1. The minimum absolute atomic E-state index is 0.00124. The smallest absolute Gasteiger partial charge is 0.185 e. The second kappa shape index (κ2) is 10.9. The van der Waals surface area contributed by atoms with Gasteiger partial charge in [0.2, 0.25) is 0 Å². The summed E-state index contributed by atoms with van der Waals surface area (Å²) in [4.78, 5) is 28.5. The van der Waals surface area contributed by atoms with Crippen molar-refractivity contribution in [3.05, 3.63) is 76.4 Å². The molecule has 0 saturated carbocycles. The van der Waals surface area contributed by atoms with Crippen molar-refractivity contribution in [1.29, 1.82) is 0 Å². The molecule has 0 unspecified atom stereocenters. The number of carbonyl (C=O) groups is 2. The number of halogens is 4. The molecule has 1 saturated heterocycles. The molecule has 39 heavy (non-hydrogen) atoms. The van der Waals surface area contributed by atoms with E-state index in [0.717, 1.165) is 17.7 Å². The van der Waals surface area contributed by atoms with Gasteiger partial charge in [0.25, 0.3) is 0 Å². The summed E-state index contributed by atoms with van der Waals surface area (Å²) < 4.78 is 47.0. The van der Waals surface area contributed by atoms with Crippen molar-refractivity contribution in [2.75, 3.05) is 19.6 Å². The summed E-state index contributed by atoms with van der Waals surface area (Å²) in [6.07, 6.45) is 0.385. The number of Topliss-reactive ketones (excluding diaryl/α,β-unsaturated/α-hetero) is 2. The molecular formula is C30H32ClF3N2O3. The van der Waals surface area contributed by atoms with Gasteiger partial charge in [-0.1, -0.05) is 42.7 Å². The van der Waals surface area contributed by atoms with Gasteiger partial charge in [-0.05, 0) is 49.1 Å². The highest BCUT2D eigenvalue weighted by Crippen LogP contribution is 2.41. The molecule has 1 fully saturated rings. The van der Waals surface area contributed by atoms with Gasteiger partial charge < -0.3 is 4.52 Å². The average molecular weight is 561 g/mol. The van der Waals surface area contributed by atoms with Crippen molar-refractivity contribution in [1.82, 2.24) is 10.1 Å². The number of hydrogen-bond acceptors (Lipinski definition) is 5. The number of ketones is 2. The summed E-state index contributed by atoms with van der Waals surface area (Å²) in [7, 11) is 0. The quantitative estimate of drug-likeness (QED) is 0.232. The van der Waals surface area contributed by atoms with Crippen molar-refractivity contribution in [2.45, 2.75) is 58.0 Å². The Labute approximate surface area is 231 Å². The molecule has 0 radical (unpaired) electrons. The van der Waals surface area contributed by atoms with Gasteiger partial charge in [0.05, 0.1) is 5.56 Å². The lowest BCUT2D eigenvalue weighted by molar-refractivity contribution is -0.126. The van der Waals surface area contributed by atoms with Crippen LogP contribution < -0.4 is 0 Å². The Bertz CT molecular complexity index is 1370. The van der Waals surface area contributed by atoms with Crippen LogP contribution in [0.1, 0.15) is 63.0 Å². The second-order valence-corrected chi connectivity index (χ2v) is 12.4. The first-order chi connectivity index (χ1) is 18.1. The molecule has 1 aliphatic heterocycles. The number of aromatic nitrogens is 1. The lowest BCUT2D eigenvalue weighted by Crippen LogP contribution is -2.60. The third-order valence-electron chi connectivity index (χ3n) is 7.06. The van der Waals surface area contributed by atoms with E-state index in [1.54, 1.807) is 6.07 Å². The normalized spacial score (nSPS) is 15.7. The minimum atomic E-state index is -1.42. The SMILES string of the molecule is CC(C)(F)CN1CC(CC(=O)CC(C)(C)c2cccc(Cl)c2)(CC(=O)c2cc(-c3ccc(F)cc3F)on2)C1. The predicted octanol–water partition coefficient (Wildman–Crippen LogP) is 7.22. The van der Waals surface area contributed by atoms with E-state index in [9.17, 15) is 22.8 Å². The van der Waals surface area contributed by atoms with Crippen LogP contribution >= 0.6 is 11.6 Å². The molecule has 0 amide bonds. The van der Waals surface area contributed by atoms with Crippen LogP contribution in [0.25, 0.3) is 11.3 Å². The van der Waals surface area contributed by atoms with E-state index in [-0.39, 0.29) is 54.4 Å². The third kappa shape index (κ3) is 7.17. The highest BCUT2D eigenvalue weighted by Gasteiger charge is 2.47. The van der Waals surface area contributed by atoms with Crippen molar-refractivity contribution >= 4 is 23.2 Å². The van der Waals surface area contributed by atoms with Crippen molar-refractivity contribution in [2.24, 2.45) is 5.41 Å². The second-order valence-electron chi connectivity index (χ2n) is 12.0. The van der Waals surface area contributed by atoms with Crippen LogP contribution in [-0.4, -0.2) is 46.9 Å². The molecule has 2 heterocycles. The van der Waals surface area contributed by atoms with Gasteiger partial charge >= 0.3 is 0 Å². The summed E-state index contributed by atoms with van der Waals surface area (Å²) in [6.45, 7) is 7.87. The molecule has 9 heteroatoms. The maximum absolute atomic E-state index is 14.3. The Morgan fingerprint density at radius 2 is 1.77 bits per heavy atom. The van der Waals surface area contributed by atoms with Gasteiger partial charge in [-0.25, -0.2) is 13.2 Å². The van der Waals surface area contributed by atoms with Crippen LogP contribution in [0.15, 0.2) is 53.1 Å². The van der Waals surface area contributed by atoms with Gasteiger partial charge in [-0.15, -0.1) is 0 Å². The monoisotopic (exact) mass is 560 g/mol. The number of hydrogen-bond donors (Lipinski definition) is 0. The molecule has 5 nitrogen and oxygen atoms in total. The Hall–Kier alpha value is -2.97. The minimum Gasteiger partial charge on any atom is -0.355 e. The molecular weight excluding hydrogens is 529 g/mol. The number of carbonyl (C=O) groups excluding carboxylic acids is 2. The summed E-state index contributed by atoms with van der Waals surface area (Å²) in [5.41, 5.74) is -1.68. The fourth-order valence-corrected chi connectivity index (χ4v) is 5.66.